The maximum Gasteiger partial charge on any atom is 0.246 e. The summed E-state index contributed by atoms with van der Waals surface area (Å²) in [5.41, 5.74) is 0. The fourth-order valence-corrected chi connectivity index (χ4v) is 1.58. The Labute approximate surface area is 84.7 Å². The summed E-state index contributed by atoms with van der Waals surface area (Å²) in [4.78, 5) is 24.8. The van der Waals surface area contributed by atoms with Crippen molar-refractivity contribution < 1.29 is 9.59 Å². The molecule has 0 aromatic carbocycles. The number of carbonyl (C=O) groups is 2. The molecule has 4 heteroatoms. The molecular formula is C10H18N2O2. The maximum atomic E-state index is 11.9. The van der Waals surface area contributed by atoms with Gasteiger partial charge in [0.05, 0.1) is 6.54 Å². The van der Waals surface area contributed by atoms with Crippen LogP contribution in [0.2, 0.25) is 0 Å². The molecule has 1 N–H and O–H groups in total. The van der Waals surface area contributed by atoms with Gasteiger partial charge in [0.25, 0.3) is 0 Å². The van der Waals surface area contributed by atoms with E-state index in [1.54, 1.807) is 4.90 Å². The van der Waals surface area contributed by atoms with Crippen LogP contribution in [0.15, 0.2) is 0 Å². The number of amides is 2. The van der Waals surface area contributed by atoms with E-state index in [-0.39, 0.29) is 36.4 Å². The summed E-state index contributed by atoms with van der Waals surface area (Å²) in [6, 6.07) is -0.256. The zero-order chi connectivity index (χ0) is 10.9. The van der Waals surface area contributed by atoms with Crippen LogP contribution in [0.3, 0.4) is 0 Å². The lowest BCUT2D eigenvalue weighted by Gasteiger charge is -2.36. The van der Waals surface area contributed by atoms with Crippen LogP contribution < -0.4 is 5.32 Å². The van der Waals surface area contributed by atoms with Gasteiger partial charge in [-0.05, 0) is 19.8 Å². The molecular weight excluding hydrogens is 180 g/mol. The standard InChI is InChI=1S/C10H18N2O2/c1-6(2)9-10(14)12(7(3)4)5-8(13)11-9/h6-7,9H,5H2,1-4H3,(H,11,13). The van der Waals surface area contributed by atoms with Crippen molar-refractivity contribution in [1.82, 2.24) is 10.2 Å². The van der Waals surface area contributed by atoms with Crippen LogP contribution in [0.4, 0.5) is 0 Å². The Hall–Kier alpha value is -1.06. The van der Waals surface area contributed by atoms with E-state index in [0.29, 0.717) is 0 Å². The van der Waals surface area contributed by atoms with E-state index in [9.17, 15) is 9.59 Å². The quantitative estimate of drug-likeness (QED) is 0.697. The molecule has 0 spiro atoms. The SMILES string of the molecule is CC(C)C1NC(=O)CN(C(C)C)C1=O. The molecule has 80 valence electrons. The average Bonchev–Trinajstić information content (AvgIpc) is 2.07. The zero-order valence-corrected chi connectivity index (χ0v) is 9.20. The molecule has 1 heterocycles. The first kappa shape index (κ1) is 11.0. The zero-order valence-electron chi connectivity index (χ0n) is 9.20. The Balaban J connectivity index is 2.81. The van der Waals surface area contributed by atoms with Gasteiger partial charge in [0.1, 0.15) is 6.04 Å². The number of nitrogens with one attached hydrogen (secondary N) is 1. The van der Waals surface area contributed by atoms with E-state index in [2.05, 4.69) is 5.32 Å². The van der Waals surface area contributed by atoms with Gasteiger partial charge in [-0.25, -0.2) is 0 Å². The van der Waals surface area contributed by atoms with Crippen molar-refractivity contribution in [3.63, 3.8) is 0 Å². The van der Waals surface area contributed by atoms with Gasteiger partial charge in [0.2, 0.25) is 11.8 Å². The topological polar surface area (TPSA) is 49.4 Å². The van der Waals surface area contributed by atoms with Gasteiger partial charge in [-0.3, -0.25) is 9.59 Å². The third-order valence-electron chi connectivity index (χ3n) is 2.47. The number of carbonyl (C=O) groups excluding carboxylic acids is 2. The molecule has 1 saturated heterocycles. The summed E-state index contributed by atoms with van der Waals surface area (Å²) in [5.74, 6) is 0.125. The molecule has 0 aliphatic carbocycles. The van der Waals surface area contributed by atoms with E-state index in [1.807, 2.05) is 27.7 Å². The molecule has 0 aromatic rings. The van der Waals surface area contributed by atoms with Gasteiger partial charge in [-0.2, -0.15) is 0 Å². The van der Waals surface area contributed by atoms with E-state index in [4.69, 9.17) is 0 Å². The van der Waals surface area contributed by atoms with Crippen LogP contribution >= 0.6 is 0 Å². The second-order valence-electron chi connectivity index (χ2n) is 4.35. The third kappa shape index (κ3) is 2.05. The second-order valence-corrected chi connectivity index (χ2v) is 4.35. The Kier molecular flexibility index (Phi) is 3.13. The summed E-state index contributed by atoms with van der Waals surface area (Å²) in [6.07, 6.45) is 0. The smallest absolute Gasteiger partial charge is 0.246 e. The predicted octanol–water partition coefficient (Wildman–Crippen LogP) is 0.378. The molecule has 0 bridgehead atoms. The van der Waals surface area contributed by atoms with Crippen LogP contribution in [-0.2, 0) is 9.59 Å². The Bertz CT molecular complexity index is 227. The van der Waals surface area contributed by atoms with E-state index in [0.717, 1.165) is 0 Å². The molecule has 0 radical (unpaired) electrons. The van der Waals surface area contributed by atoms with Crippen molar-refractivity contribution in [3.8, 4) is 0 Å². The van der Waals surface area contributed by atoms with Gasteiger partial charge < -0.3 is 10.2 Å². The summed E-state index contributed by atoms with van der Waals surface area (Å²) < 4.78 is 0. The molecule has 1 rings (SSSR count). The minimum atomic E-state index is -0.348. The molecule has 14 heavy (non-hydrogen) atoms. The van der Waals surface area contributed by atoms with Gasteiger partial charge in [-0.15, -0.1) is 0 Å². The minimum absolute atomic E-state index is 0.0367. The van der Waals surface area contributed by atoms with Crippen molar-refractivity contribution in [1.29, 1.82) is 0 Å². The molecule has 0 saturated carbocycles. The first-order valence-electron chi connectivity index (χ1n) is 5.03. The van der Waals surface area contributed by atoms with Crippen LogP contribution in [0.5, 0.6) is 0 Å². The fourth-order valence-electron chi connectivity index (χ4n) is 1.58. The summed E-state index contributed by atoms with van der Waals surface area (Å²) in [6.45, 7) is 7.92. The highest BCUT2D eigenvalue weighted by molar-refractivity contribution is 5.95. The van der Waals surface area contributed by atoms with Crippen molar-refractivity contribution in [2.24, 2.45) is 5.92 Å². The van der Waals surface area contributed by atoms with Crippen LogP contribution in [0.25, 0.3) is 0 Å². The normalized spacial score (nSPS) is 23.3. The maximum absolute atomic E-state index is 11.9. The summed E-state index contributed by atoms with van der Waals surface area (Å²) >= 11 is 0. The lowest BCUT2D eigenvalue weighted by Crippen LogP contribution is -2.61. The van der Waals surface area contributed by atoms with E-state index < -0.39 is 0 Å². The monoisotopic (exact) mass is 198 g/mol. The molecule has 1 unspecified atom stereocenters. The Morgan fingerprint density at radius 3 is 2.29 bits per heavy atom. The number of hydrogen-bond donors (Lipinski definition) is 1. The average molecular weight is 198 g/mol. The number of rotatable bonds is 2. The van der Waals surface area contributed by atoms with Gasteiger partial charge >= 0.3 is 0 Å². The lowest BCUT2D eigenvalue weighted by atomic mass is 10.00. The largest absolute Gasteiger partial charge is 0.343 e. The highest BCUT2D eigenvalue weighted by Crippen LogP contribution is 2.12. The molecule has 1 atom stereocenters. The van der Waals surface area contributed by atoms with Gasteiger partial charge in [-0.1, -0.05) is 13.8 Å². The van der Waals surface area contributed by atoms with Crippen molar-refractivity contribution in [2.75, 3.05) is 6.54 Å². The summed E-state index contributed by atoms with van der Waals surface area (Å²) in [5, 5.41) is 2.72. The lowest BCUT2D eigenvalue weighted by molar-refractivity contribution is -0.147. The van der Waals surface area contributed by atoms with Gasteiger partial charge in [0.15, 0.2) is 0 Å². The molecule has 2 amide bonds. The predicted molar refractivity (Wildman–Crippen MR) is 53.6 cm³/mol. The molecule has 1 fully saturated rings. The van der Waals surface area contributed by atoms with Crippen molar-refractivity contribution in [3.05, 3.63) is 0 Å². The van der Waals surface area contributed by atoms with Crippen molar-refractivity contribution in [2.45, 2.75) is 39.8 Å². The van der Waals surface area contributed by atoms with Gasteiger partial charge in [0, 0.05) is 6.04 Å². The number of nitrogens with zero attached hydrogens (tertiary/aromatic N) is 1. The number of hydrogen-bond acceptors (Lipinski definition) is 2. The first-order chi connectivity index (χ1) is 6.43. The van der Waals surface area contributed by atoms with E-state index >= 15 is 0 Å². The molecule has 0 aromatic heterocycles. The molecule has 4 nitrogen and oxygen atoms in total. The fraction of sp³-hybridized carbons (Fsp3) is 0.800. The van der Waals surface area contributed by atoms with Crippen LogP contribution in [0, 0.1) is 5.92 Å². The molecule has 1 aliphatic heterocycles. The first-order valence-corrected chi connectivity index (χ1v) is 5.03. The minimum Gasteiger partial charge on any atom is -0.343 e. The third-order valence-corrected chi connectivity index (χ3v) is 2.47. The van der Waals surface area contributed by atoms with E-state index in [1.165, 1.54) is 0 Å². The summed E-state index contributed by atoms with van der Waals surface area (Å²) in [7, 11) is 0. The highest BCUT2D eigenvalue weighted by atomic mass is 16.2. The van der Waals surface area contributed by atoms with Crippen molar-refractivity contribution >= 4 is 11.8 Å². The van der Waals surface area contributed by atoms with Crippen LogP contribution in [-0.4, -0.2) is 35.3 Å². The highest BCUT2D eigenvalue weighted by Gasteiger charge is 2.35. The second kappa shape index (κ2) is 3.98. The Morgan fingerprint density at radius 1 is 1.29 bits per heavy atom. The van der Waals surface area contributed by atoms with Crippen LogP contribution in [0.1, 0.15) is 27.7 Å². The molecule has 1 aliphatic rings. The number of piperazine rings is 1. The Morgan fingerprint density at radius 2 is 1.86 bits per heavy atom.